The predicted molar refractivity (Wildman–Crippen MR) is 71.4 cm³/mol. The van der Waals surface area contributed by atoms with Crippen molar-refractivity contribution in [2.45, 2.75) is 31.8 Å². The van der Waals surface area contributed by atoms with E-state index in [0.29, 0.717) is 19.5 Å². The SMILES string of the molecule is Cl.O=C(O)C1CCCN1Cc1ccc(OC(F)(F)F)cc1. The summed E-state index contributed by atoms with van der Waals surface area (Å²) in [4.78, 5) is 12.8. The Morgan fingerprint density at radius 2 is 1.95 bits per heavy atom. The zero-order chi connectivity index (χ0) is 14.8. The summed E-state index contributed by atoms with van der Waals surface area (Å²) in [5.41, 5.74) is 0.757. The Morgan fingerprint density at radius 3 is 2.48 bits per heavy atom. The largest absolute Gasteiger partial charge is 0.573 e. The maximum absolute atomic E-state index is 12.0. The van der Waals surface area contributed by atoms with Crippen LogP contribution in [-0.2, 0) is 11.3 Å². The Labute approximate surface area is 125 Å². The van der Waals surface area contributed by atoms with E-state index in [0.717, 1.165) is 12.0 Å². The predicted octanol–water partition coefficient (Wildman–Crippen LogP) is 3.06. The fourth-order valence-corrected chi connectivity index (χ4v) is 2.33. The summed E-state index contributed by atoms with van der Waals surface area (Å²) in [7, 11) is 0. The normalized spacial score (nSPS) is 19.1. The lowest BCUT2D eigenvalue weighted by molar-refractivity contribution is -0.274. The van der Waals surface area contributed by atoms with Crippen molar-refractivity contribution < 1.29 is 27.8 Å². The Kier molecular flexibility index (Phi) is 5.86. The number of rotatable bonds is 4. The number of alkyl halides is 3. The number of ether oxygens (including phenoxy) is 1. The van der Waals surface area contributed by atoms with Gasteiger partial charge in [-0.2, -0.15) is 0 Å². The Morgan fingerprint density at radius 1 is 1.33 bits per heavy atom. The Hall–Kier alpha value is -1.47. The third-order valence-electron chi connectivity index (χ3n) is 3.19. The molecule has 21 heavy (non-hydrogen) atoms. The molecular weight excluding hydrogens is 311 g/mol. The molecule has 0 saturated carbocycles. The lowest BCUT2D eigenvalue weighted by Gasteiger charge is -2.21. The molecule has 1 aromatic rings. The summed E-state index contributed by atoms with van der Waals surface area (Å²) in [6, 6.07) is 4.97. The zero-order valence-electron chi connectivity index (χ0n) is 11.0. The van der Waals surface area contributed by atoms with E-state index in [1.807, 2.05) is 4.90 Å². The third kappa shape index (κ3) is 5.09. The van der Waals surface area contributed by atoms with E-state index in [4.69, 9.17) is 5.11 Å². The third-order valence-corrected chi connectivity index (χ3v) is 3.19. The highest BCUT2D eigenvalue weighted by molar-refractivity contribution is 5.85. The minimum absolute atomic E-state index is 0. The van der Waals surface area contributed by atoms with Gasteiger partial charge in [-0.1, -0.05) is 12.1 Å². The molecule has 0 spiro atoms. The molecule has 0 bridgehead atoms. The molecule has 0 aliphatic carbocycles. The van der Waals surface area contributed by atoms with Crippen LogP contribution < -0.4 is 4.74 Å². The van der Waals surface area contributed by atoms with Crippen molar-refractivity contribution in [1.29, 1.82) is 0 Å². The molecule has 118 valence electrons. The number of aliphatic carboxylic acids is 1. The number of halogens is 4. The molecule has 0 aromatic heterocycles. The van der Waals surface area contributed by atoms with Crippen molar-refractivity contribution in [3.05, 3.63) is 29.8 Å². The number of carboxylic acids is 1. The van der Waals surface area contributed by atoms with Crippen LogP contribution >= 0.6 is 12.4 Å². The van der Waals surface area contributed by atoms with Crippen LogP contribution in [0.25, 0.3) is 0 Å². The first kappa shape index (κ1) is 17.6. The van der Waals surface area contributed by atoms with Crippen molar-refractivity contribution in [2.24, 2.45) is 0 Å². The van der Waals surface area contributed by atoms with E-state index in [1.165, 1.54) is 24.3 Å². The van der Waals surface area contributed by atoms with E-state index >= 15 is 0 Å². The highest BCUT2D eigenvalue weighted by atomic mass is 35.5. The maximum atomic E-state index is 12.0. The lowest BCUT2D eigenvalue weighted by atomic mass is 10.2. The van der Waals surface area contributed by atoms with Gasteiger partial charge in [0.05, 0.1) is 0 Å². The fourth-order valence-electron chi connectivity index (χ4n) is 2.33. The number of nitrogens with zero attached hydrogens (tertiary/aromatic N) is 1. The fraction of sp³-hybridized carbons (Fsp3) is 0.462. The smallest absolute Gasteiger partial charge is 0.480 e. The molecule has 1 aliphatic heterocycles. The molecule has 1 atom stereocenters. The van der Waals surface area contributed by atoms with Gasteiger partial charge in [0.2, 0.25) is 0 Å². The molecule has 0 radical (unpaired) electrons. The number of hydrogen-bond donors (Lipinski definition) is 1. The van der Waals surface area contributed by atoms with Gasteiger partial charge in [0.25, 0.3) is 0 Å². The van der Waals surface area contributed by atoms with Gasteiger partial charge >= 0.3 is 12.3 Å². The van der Waals surface area contributed by atoms with Crippen LogP contribution in [0.3, 0.4) is 0 Å². The summed E-state index contributed by atoms with van der Waals surface area (Å²) < 4.78 is 39.8. The van der Waals surface area contributed by atoms with Crippen molar-refractivity contribution in [3.8, 4) is 5.75 Å². The minimum atomic E-state index is -4.70. The number of carbonyl (C=O) groups is 1. The average molecular weight is 326 g/mol. The van der Waals surface area contributed by atoms with Gasteiger partial charge in [-0.15, -0.1) is 25.6 Å². The van der Waals surface area contributed by atoms with E-state index in [9.17, 15) is 18.0 Å². The number of likely N-dealkylation sites (tertiary alicyclic amines) is 1. The van der Waals surface area contributed by atoms with Crippen LogP contribution in [-0.4, -0.2) is 34.9 Å². The molecule has 1 unspecified atom stereocenters. The van der Waals surface area contributed by atoms with E-state index in [2.05, 4.69) is 4.74 Å². The van der Waals surface area contributed by atoms with Crippen LogP contribution in [0.15, 0.2) is 24.3 Å². The standard InChI is InChI=1S/C13H14F3NO3.ClH/c14-13(15,16)20-10-5-3-9(4-6-10)8-17-7-1-2-11(17)12(18)19;/h3-6,11H,1-2,7-8H2,(H,18,19);1H. The molecule has 1 N–H and O–H groups in total. The molecule has 1 heterocycles. The lowest BCUT2D eigenvalue weighted by Crippen LogP contribution is -2.35. The molecule has 1 aromatic carbocycles. The first-order valence-corrected chi connectivity index (χ1v) is 6.17. The number of hydrogen-bond acceptors (Lipinski definition) is 3. The summed E-state index contributed by atoms with van der Waals surface area (Å²) in [6.45, 7) is 1.08. The van der Waals surface area contributed by atoms with Gasteiger partial charge in [0.1, 0.15) is 11.8 Å². The molecule has 0 amide bonds. The van der Waals surface area contributed by atoms with E-state index in [-0.39, 0.29) is 18.2 Å². The van der Waals surface area contributed by atoms with Crippen molar-refractivity contribution >= 4 is 18.4 Å². The first-order chi connectivity index (χ1) is 9.35. The van der Waals surface area contributed by atoms with Crippen LogP contribution in [0.4, 0.5) is 13.2 Å². The van der Waals surface area contributed by atoms with Gasteiger partial charge in [0, 0.05) is 6.54 Å². The monoisotopic (exact) mass is 325 g/mol. The van der Waals surface area contributed by atoms with Crippen molar-refractivity contribution in [2.75, 3.05) is 6.54 Å². The maximum Gasteiger partial charge on any atom is 0.573 e. The summed E-state index contributed by atoms with van der Waals surface area (Å²) in [6.07, 6.45) is -3.29. The van der Waals surface area contributed by atoms with E-state index in [1.54, 1.807) is 0 Å². The van der Waals surface area contributed by atoms with Crippen LogP contribution in [0, 0.1) is 0 Å². The van der Waals surface area contributed by atoms with Gasteiger partial charge < -0.3 is 9.84 Å². The molecular formula is C13H15ClF3NO3. The minimum Gasteiger partial charge on any atom is -0.480 e. The van der Waals surface area contributed by atoms with Crippen LogP contribution in [0.1, 0.15) is 18.4 Å². The van der Waals surface area contributed by atoms with Crippen LogP contribution in [0.5, 0.6) is 5.75 Å². The van der Waals surface area contributed by atoms with Gasteiger partial charge in [0.15, 0.2) is 0 Å². The summed E-state index contributed by atoms with van der Waals surface area (Å²) >= 11 is 0. The molecule has 1 fully saturated rings. The highest BCUT2D eigenvalue weighted by Crippen LogP contribution is 2.24. The summed E-state index contributed by atoms with van der Waals surface area (Å²) in [5, 5.41) is 9.05. The first-order valence-electron chi connectivity index (χ1n) is 6.17. The average Bonchev–Trinajstić information content (AvgIpc) is 2.78. The Balaban J connectivity index is 0.00000220. The molecule has 1 saturated heterocycles. The molecule has 2 rings (SSSR count). The number of benzene rings is 1. The molecule has 8 heteroatoms. The number of carboxylic acid groups (broad SMARTS) is 1. The second-order valence-corrected chi connectivity index (χ2v) is 4.66. The van der Waals surface area contributed by atoms with Crippen molar-refractivity contribution in [3.63, 3.8) is 0 Å². The molecule has 1 aliphatic rings. The quantitative estimate of drug-likeness (QED) is 0.924. The van der Waals surface area contributed by atoms with Gasteiger partial charge in [-0.05, 0) is 37.1 Å². The van der Waals surface area contributed by atoms with Gasteiger partial charge in [-0.25, -0.2) is 0 Å². The van der Waals surface area contributed by atoms with Gasteiger partial charge in [-0.3, -0.25) is 9.69 Å². The summed E-state index contributed by atoms with van der Waals surface area (Å²) in [5.74, 6) is -1.14. The molecule has 4 nitrogen and oxygen atoms in total. The second kappa shape index (κ2) is 7.00. The van der Waals surface area contributed by atoms with Crippen molar-refractivity contribution in [1.82, 2.24) is 4.90 Å². The second-order valence-electron chi connectivity index (χ2n) is 4.66. The zero-order valence-corrected chi connectivity index (χ0v) is 11.8. The highest BCUT2D eigenvalue weighted by Gasteiger charge is 2.32. The Bertz CT molecular complexity index is 479. The van der Waals surface area contributed by atoms with E-state index < -0.39 is 18.4 Å². The topological polar surface area (TPSA) is 49.8 Å². The van der Waals surface area contributed by atoms with Crippen LogP contribution in [0.2, 0.25) is 0 Å².